The summed E-state index contributed by atoms with van der Waals surface area (Å²) in [5, 5.41) is 16.9. The highest BCUT2D eigenvalue weighted by Crippen LogP contribution is 2.28. The van der Waals surface area contributed by atoms with Crippen molar-refractivity contribution in [2.24, 2.45) is 5.10 Å². The molecule has 0 spiro atoms. The van der Waals surface area contributed by atoms with E-state index in [-0.39, 0.29) is 12.3 Å². The summed E-state index contributed by atoms with van der Waals surface area (Å²) < 4.78 is 10.5. The third kappa shape index (κ3) is 4.40. The van der Waals surface area contributed by atoms with E-state index in [1.165, 1.54) is 5.01 Å². The van der Waals surface area contributed by atoms with E-state index in [0.29, 0.717) is 30.2 Å². The number of carbonyl (C=O) groups excluding carboxylic acids is 1. The van der Waals surface area contributed by atoms with Gasteiger partial charge in [0.05, 0.1) is 32.9 Å². The number of hydrogen-bond donors (Lipinski definition) is 2. The highest BCUT2D eigenvalue weighted by molar-refractivity contribution is 6.03. The number of methoxy groups -OCH3 is 2. The van der Waals surface area contributed by atoms with E-state index < -0.39 is 6.09 Å². The Morgan fingerprint density at radius 2 is 1.82 bits per heavy atom. The lowest BCUT2D eigenvalue weighted by Gasteiger charge is -2.13. The summed E-state index contributed by atoms with van der Waals surface area (Å²) in [5.74, 6) is 1.08. The van der Waals surface area contributed by atoms with Gasteiger partial charge in [0.25, 0.3) is 0 Å². The van der Waals surface area contributed by atoms with Gasteiger partial charge >= 0.3 is 6.09 Å². The summed E-state index contributed by atoms with van der Waals surface area (Å²) in [7, 11) is 3.12. The molecule has 2 amide bonds. The van der Waals surface area contributed by atoms with Crippen LogP contribution in [0.3, 0.4) is 0 Å². The van der Waals surface area contributed by atoms with E-state index in [4.69, 9.17) is 14.6 Å². The van der Waals surface area contributed by atoms with Gasteiger partial charge in [0, 0.05) is 12.1 Å². The van der Waals surface area contributed by atoms with Crippen LogP contribution in [-0.2, 0) is 11.2 Å². The van der Waals surface area contributed by atoms with Gasteiger partial charge in [0.1, 0.15) is 0 Å². The summed E-state index contributed by atoms with van der Waals surface area (Å²) >= 11 is 0. The molecule has 0 fully saturated rings. The Morgan fingerprint density at radius 1 is 1.11 bits per heavy atom. The van der Waals surface area contributed by atoms with Crippen molar-refractivity contribution in [1.82, 2.24) is 5.01 Å². The van der Waals surface area contributed by atoms with Crippen molar-refractivity contribution >= 4 is 23.4 Å². The summed E-state index contributed by atoms with van der Waals surface area (Å²) in [6.45, 7) is 0.510. The second kappa shape index (κ2) is 8.43. The minimum absolute atomic E-state index is 0.105. The van der Waals surface area contributed by atoms with Crippen LogP contribution in [0.1, 0.15) is 17.5 Å². The van der Waals surface area contributed by atoms with Gasteiger partial charge in [-0.15, -0.1) is 0 Å². The number of carbonyl (C=O) groups is 2. The van der Waals surface area contributed by atoms with Crippen LogP contribution in [-0.4, -0.2) is 48.6 Å². The lowest BCUT2D eigenvalue weighted by atomic mass is 10.1. The predicted molar refractivity (Wildman–Crippen MR) is 104 cm³/mol. The fourth-order valence-electron chi connectivity index (χ4n) is 2.97. The van der Waals surface area contributed by atoms with Crippen molar-refractivity contribution in [2.45, 2.75) is 12.8 Å². The SMILES string of the molecule is COc1ccc(CC(=O)N2CCC(c3ccc(NC(=O)O)cc3)=N2)cc1OC. The van der Waals surface area contributed by atoms with E-state index in [9.17, 15) is 9.59 Å². The van der Waals surface area contributed by atoms with Crippen LogP contribution in [0.4, 0.5) is 10.5 Å². The normalized spacial score (nSPS) is 13.1. The van der Waals surface area contributed by atoms with E-state index in [0.717, 1.165) is 16.8 Å². The molecule has 2 aromatic rings. The van der Waals surface area contributed by atoms with Crippen LogP contribution in [0.2, 0.25) is 0 Å². The fraction of sp³-hybridized carbons (Fsp3) is 0.250. The fourth-order valence-corrected chi connectivity index (χ4v) is 2.97. The standard InChI is InChI=1S/C20H21N3O5/c1-27-17-8-3-13(11-18(17)28-2)12-19(24)23-10-9-16(22-23)14-4-6-15(7-5-14)21-20(25)26/h3-8,11,21H,9-10,12H2,1-2H3,(H,25,26). The highest BCUT2D eigenvalue weighted by atomic mass is 16.5. The van der Waals surface area contributed by atoms with Crippen LogP contribution >= 0.6 is 0 Å². The molecule has 1 aliphatic rings. The lowest BCUT2D eigenvalue weighted by Crippen LogP contribution is -2.25. The van der Waals surface area contributed by atoms with Gasteiger partial charge in [-0.2, -0.15) is 5.10 Å². The molecule has 146 valence electrons. The largest absolute Gasteiger partial charge is 0.493 e. The van der Waals surface area contributed by atoms with Crippen LogP contribution < -0.4 is 14.8 Å². The molecule has 0 saturated heterocycles. The minimum Gasteiger partial charge on any atom is -0.493 e. The number of amides is 2. The first-order valence-electron chi connectivity index (χ1n) is 8.69. The lowest BCUT2D eigenvalue weighted by molar-refractivity contribution is -0.130. The van der Waals surface area contributed by atoms with E-state index in [1.54, 1.807) is 50.6 Å². The maximum absolute atomic E-state index is 12.6. The van der Waals surface area contributed by atoms with Crippen molar-refractivity contribution in [1.29, 1.82) is 0 Å². The van der Waals surface area contributed by atoms with E-state index in [1.807, 2.05) is 6.07 Å². The predicted octanol–water partition coefficient (Wildman–Crippen LogP) is 2.97. The number of anilines is 1. The summed E-state index contributed by atoms with van der Waals surface area (Å²) in [6.07, 6.45) is -0.264. The number of hydrogen-bond acceptors (Lipinski definition) is 5. The number of benzene rings is 2. The Hall–Kier alpha value is -3.55. The first-order valence-corrected chi connectivity index (χ1v) is 8.69. The molecule has 0 saturated carbocycles. The number of nitrogens with zero attached hydrogens (tertiary/aromatic N) is 2. The van der Waals surface area contributed by atoms with E-state index >= 15 is 0 Å². The molecule has 8 heteroatoms. The van der Waals surface area contributed by atoms with Crippen molar-refractivity contribution in [2.75, 3.05) is 26.1 Å². The average molecular weight is 383 g/mol. The zero-order valence-corrected chi connectivity index (χ0v) is 15.6. The number of ether oxygens (including phenoxy) is 2. The molecular formula is C20H21N3O5. The Bertz CT molecular complexity index is 909. The third-order valence-electron chi connectivity index (χ3n) is 4.36. The molecule has 0 bridgehead atoms. The zero-order chi connectivity index (χ0) is 20.1. The van der Waals surface area contributed by atoms with Gasteiger partial charge in [-0.25, -0.2) is 9.80 Å². The molecule has 28 heavy (non-hydrogen) atoms. The number of carboxylic acid groups (broad SMARTS) is 1. The first kappa shape index (κ1) is 19.2. The molecule has 0 aliphatic carbocycles. The van der Waals surface area contributed by atoms with Crippen molar-refractivity contribution < 1.29 is 24.2 Å². The quantitative estimate of drug-likeness (QED) is 0.799. The smallest absolute Gasteiger partial charge is 0.409 e. The third-order valence-corrected chi connectivity index (χ3v) is 4.36. The molecule has 1 heterocycles. The zero-order valence-electron chi connectivity index (χ0n) is 15.6. The van der Waals surface area contributed by atoms with Crippen LogP contribution in [0.5, 0.6) is 11.5 Å². The molecular weight excluding hydrogens is 362 g/mol. The Morgan fingerprint density at radius 3 is 2.46 bits per heavy atom. The number of nitrogens with one attached hydrogen (secondary N) is 1. The molecule has 8 nitrogen and oxygen atoms in total. The van der Waals surface area contributed by atoms with Crippen molar-refractivity contribution in [3.63, 3.8) is 0 Å². The van der Waals surface area contributed by atoms with Crippen LogP contribution in [0.25, 0.3) is 0 Å². The molecule has 0 aromatic heterocycles. The maximum atomic E-state index is 12.6. The van der Waals surface area contributed by atoms with Gasteiger partial charge in [0.15, 0.2) is 11.5 Å². The summed E-state index contributed by atoms with van der Waals surface area (Å²) in [6, 6.07) is 12.3. The Labute approximate surface area is 162 Å². The first-order chi connectivity index (χ1) is 13.5. The molecule has 2 N–H and O–H groups in total. The van der Waals surface area contributed by atoms with Crippen LogP contribution in [0, 0.1) is 0 Å². The second-order valence-electron chi connectivity index (χ2n) is 6.19. The van der Waals surface area contributed by atoms with Gasteiger partial charge in [-0.05, 0) is 35.4 Å². The monoisotopic (exact) mass is 383 g/mol. The molecule has 3 rings (SSSR count). The molecule has 0 radical (unpaired) electrons. The Kier molecular flexibility index (Phi) is 5.78. The average Bonchev–Trinajstić information content (AvgIpc) is 3.18. The topological polar surface area (TPSA) is 100 Å². The molecule has 2 aromatic carbocycles. The second-order valence-corrected chi connectivity index (χ2v) is 6.19. The van der Waals surface area contributed by atoms with Crippen molar-refractivity contribution in [3.8, 4) is 11.5 Å². The molecule has 0 atom stereocenters. The van der Waals surface area contributed by atoms with E-state index in [2.05, 4.69) is 10.4 Å². The summed E-state index contributed by atoms with van der Waals surface area (Å²) in [4.78, 5) is 23.3. The van der Waals surface area contributed by atoms with Gasteiger partial charge in [-0.3, -0.25) is 10.1 Å². The van der Waals surface area contributed by atoms with Gasteiger partial charge in [0.2, 0.25) is 5.91 Å². The Balaban J connectivity index is 1.67. The maximum Gasteiger partial charge on any atom is 0.409 e. The molecule has 1 aliphatic heterocycles. The van der Waals surface area contributed by atoms with Gasteiger partial charge < -0.3 is 14.6 Å². The highest BCUT2D eigenvalue weighted by Gasteiger charge is 2.22. The number of hydrazone groups is 1. The molecule has 0 unspecified atom stereocenters. The minimum atomic E-state index is -1.11. The van der Waals surface area contributed by atoms with Gasteiger partial charge in [-0.1, -0.05) is 18.2 Å². The van der Waals surface area contributed by atoms with Crippen LogP contribution in [0.15, 0.2) is 47.6 Å². The number of rotatable bonds is 6. The summed E-state index contributed by atoms with van der Waals surface area (Å²) in [5.41, 5.74) is 2.95. The van der Waals surface area contributed by atoms with Crippen molar-refractivity contribution in [3.05, 3.63) is 53.6 Å².